The number of nitriles is 1. The molecule has 0 radical (unpaired) electrons. The van der Waals surface area contributed by atoms with E-state index in [1.165, 1.54) is 19.2 Å². The second kappa shape index (κ2) is 10.0. The van der Waals surface area contributed by atoms with E-state index in [0.29, 0.717) is 44.1 Å². The number of nitrogens with one attached hydrogen (secondary N) is 1. The molecule has 1 heterocycles. The van der Waals surface area contributed by atoms with E-state index in [0.717, 1.165) is 5.69 Å². The van der Waals surface area contributed by atoms with Gasteiger partial charge in [-0.05, 0) is 55.4 Å². The van der Waals surface area contributed by atoms with Crippen LogP contribution >= 0.6 is 0 Å². The average Bonchev–Trinajstić information content (AvgIpc) is 2.82. The summed E-state index contributed by atoms with van der Waals surface area (Å²) in [4.78, 5) is 17.2. The number of ether oxygens (including phenoxy) is 1. The highest BCUT2D eigenvalue weighted by atomic mass is 32.2. The molecule has 0 aliphatic carbocycles. The van der Waals surface area contributed by atoms with Gasteiger partial charge in [0, 0.05) is 31.9 Å². The van der Waals surface area contributed by atoms with E-state index < -0.39 is 10.0 Å². The molecule has 8 nitrogen and oxygen atoms in total. The van der Waals surface area contributed by atoms with Crippen LogP contribution in [-0.2, 0) is 10.0 Å². The number of carbonyl (C=O) groups excluding carboxylic acids is 1. The molecule has 0 unspecified atom stereocenters. The average molecular weight is 457 g/mol. The quantitative estimate of drug-likeness (QED) is 0.687. The normalized spacial score (nSPS) is 14.3. The summed E-state index contributed by atoms with van der Waals surface area (Å²) in [5.74, 6) is 0.388. The minimum Gasteiger partial charge on any atom is -0.492 e. The van der Waals surface area contributed by atoms with Crippen LogP contribution in [0.25, 0.3) is 0 Å². The van der Waals surface area contributed by atoms with Crippen LogP contribution in [0.1, 0.15) is 29.8 Å². The Morgan fingerprint density at radius 1 is 1.12 bits per heavy atom. The largest absolute Gasteiger partial charge is 0.492 e. The van der Waals surface area contributed by atoms with Crippen molar-refractivity contribution in [3.05, 3.63) is 53.6 Å². The second-order valence-corrected chi connectivity index (χ2v) is 9.89. The van der Waals surface area contributed by atoms with Gasteiger partial charge in [0.1, 0.15) is 5.75 Å². The zero-order valence-corrected chi connectivity index (χ0v) is 19.4. The molecule has 0 saturated carbocycles. The molecule has 32 heavy (non-hydrogen) atoms. The monoisotopic (exact) mass is 456 g/mol. The highest BCUT2D eigenvalue weighted by Gasteiger charge is 2.26. The number of nitrogens with zero attached hydrogens (tertiary/aromatic N) is 3. The zero-order chi connectivity index (χ0) is 23.3. The molecular weight excluding hydrogens is 428 g/mol. The molecule has 1 saturated heterocycles. The molecule has 2 aromatic carbocycles. The second-order valence-electron chi connectivity index (χ2n) is 8.01. The first-order valence-corrected chi connectivity index (χ1v) is 12.0. The van der Waals surface area contributed by atoms with Gasteiger partial charge in [0.2, 0.25) is 10.0 Å². The molecule has 0 aromatic heterocycles. The van der Waals surface area contributed by atoms with Gasteiger partial charge < -0.3 is 14.5 Å². The van der Waals surface area contributed by atoms with Crippen molar-refractivity contribution in [2.45, 2.75) is 18.7 Å². The molecule has 1 fully saturated rings. The van der Waals surface area contributed by atoms with Crippen molar-refractivity contribution >= 4 is 21.6 Å². The fourth-order valence-electron chi connectivity index (χ4n) is 3.43. The Labute approximate surface area is 189 Å². The third kappa shape index (κ3) is 5.39. The maximum absolute atomic E-state index is 13.3. The SMILES string of the molecule is CNS(=O)(=O)c1ccc(OCC(C)C)c(C(=O)N2CCN(c3ccc(C#N)cc3)CC2)c1. The third-order valence-electron chi connectivity index (χ3n) is 5.26. The number of piperazine rings is 1. The Kier molecular flexibility index (Phi) is 7.38. The molecule has 1 aliphatic rings. The van der Waals surface area contributed by atoms with Crippen molar-refractivity contribution in [2.75, 3.05) is 44.7 Å². The number of rotatable bonds is 7. The number of benzene rings is 2. The van der Waals surface area contributed by atoms with Gasteiger partial charge in [0.25, 0.3) is 5.91 Å². The Morgan fingerprint density at radius 3 is 2.34 bits per heavy atom. The summed E-state index contributed by atoms with van der Waals surface area (Å²) >= 11 is 0. The van der Waals surface area contributed by atoms with Gasteiger partial charge in [0.15, 0.2) is 0 Å². The first kappa shape index (κ1) is 23.6. The van der Waals surface area contributed by atoms with Gasteiger partial charge in [-0.2, -0.15) is 5.26 Å². The smallest absolute Gasteiger partial charge is 0.257 e. The van der Waals surface area contributed by atoms with E-state index >= 15 is 0 Å². The number of anilines is 1. The Balaban J connectivity index is 1.79. The molecule has 2 aromatic rings. The highest BCUT2D eigenvalue weighted by Crippen LogP contribution is 2.26. The standard InChI is InChI=1S/C23H28N4O4S/c1-17(2)16-31-22-9-8-20(32(29,30)25-3)14-21(22)23(28)27-12-10-26(11-13-27)19-6-4-18(15-24)5-7-19/h4-9,14,17,25H,10-13,16H2,1-3H3. The minimum absolute atomic E-state index is 0.0245. The van der Waals surface area contributed by atoms with Gasteiger partial charge in [-0.25, -0.2) is 13.1 Å². The molecule has 0 spiro atoms. The zero-order valence-electron chi connectivity index (χ0n) is 18.5. The number of amides is 1. The third-order valence-corrected chi connectivity index (χ3v) is 6.67. The van der Waals surface area contributed by atoms with E-state index in [1.54, 1.807) is 23.1 Å². The van der Waals surface area contributed by atoms with E-state index in [-0.39, 0.29) is 22.3 Å². The molecule has 1 aliphatic heterocycles. The number of hydrogen-bond acceptors (Lipinski definition) is 6. The molecule has 3 rings (SSSR count). The van der Waals surface area contributed by atoms with Crippen LogP contribution in [0.4, 0.5) is 5.69 Å². The molecule has 170 valence electrons. The van der Waals surface area contributed by atoms with Gasteiger partial charge in [-0.1, -0.05) is 13.8 Å². The predicted octanol–water partition coefficient (Wildman–Crippen LogP) is 2.46. The summed E-state index contributed by atoms with van der Waals surface area (Å²) in [7, 11) is -2.36. The van der Waals surface area contributed by atoms with E-state index in [4.69, 9.17) is 10.00 Å². The topological polar surface area (TPSA) is 103 Å². The first-order valence-electron chi connectivity index (χ1n) is 10.5. The lowest BCUT2D eigenvalue weighted by Crippen LogP contribution is -2.48. The molecular formula is C23H28N4O4S. The lowest BCUT2D eigenvalue weighted by molar-refractivity contribution is 0.0741. The molecule has 1 N–H and O–H groups in total. The summed E-state index contributed by atoms with van der Waals surface area (Å²) < 4.78 is 32.7. The Morgan fingerprint density at radius 2 is 1.78 bits per heavy atom. The maximum atomic E-state index is 13.3. The van der Waals surface area contributed by atoms with Crippen LogP contribution in [-0.4, -0.2) is 59.1 Å². The van der Waals surface area contributed by atoms with E-state index in [9.17, 15) is 13.2 Å². The van der Waals surface area contributed by atoms with E-state index in [1.807, 2.05) is 26.0 Å². The summed E-state index contributed by atoms with van der Waals surface area (Å²) in [6, 6.07) is 13.8. The number of sulfonamides is 1. The van der Waals surface area contributed by atoms with Crippen LogP contribution in [0.15, 0.2) is 47.4 Å². The van der Waals surface area contributed by atoms with Crippen molar-refractivity contribution in [3.63, 3.8) is 0 Å². The van der Waals surface area contributed by atoms with Gasteiger partial charge in [-0.15, -0.1) is 0 Å². The van der Waals surface area contributed by atoms with Crippen LogP contribution < -0.4 is 14.4 Å². The fraction of sp³-hybridized carbons (Fsp3) is 0.391. The first-order chi connectivity index (χ1) is 15.2. The van der Waals surface area contributed by atoms with Gasteiger partial charge in [0.05, 0.1) is 28.7 Å². The van der Waals surface area contributed by atoms with Crippen molar-refractivity contribution < 1.29 is 17.9 Å². The summed E-state index contributed by atoms with van der Waals surface area (Å²) in [6.07, 6.45) is 0. The summed E-state index contributed by atoms with van der Waals surface area (Å²) in [5, 5.41) is 8.96. The lowest BCUT2D eigenvalue weighted by atomic mass is 10.1. The summed E-state index contributed by atoms with van der Waals surface area (Å²) in [5.41, 5.74) is 1.85. The molecule has 0 bridgehead atoms. The van der Waals surface area contributed by atoms with Crippen molar-refractivity contribution in [1.82, 2.24) is 9.62 Å². The number of carbonyl (C=O) groups is 1. The van der Waals surface area contributed by atoms with Gasteiger partial charge >= 0.3 is 0 Å². The number of hydrogen-bond donors (Lipinski definition) is 1. The predicted molar refractivity (Wildman–Crippen MR) is 122 cm³/mol. The minimum atomic E-state index is -3.69. The van der Waals surface area contributed by atoms with Crippen molar-refractivity contribution in [3.8, 4) is 11.8 Å². The Bertz CT molecular complexity index is 1100. The molecule has 9 heteroatoms. The fourth-order valence-corrected chi connectivity index (χ4v) is 4.18. The maximum Gasteiger partial charge on any atom is 0.257 e. The Hall–Kier alpha value is -3.09. The van der Waals surface area contributed by atoms with E-state index in [2.05, 4.69) is 15.7 Å². The van der Waals surface area contributed by atoms with Crippen molar-refractivity contribution in [2.24, 2.45) is 5.92 Å². The summed E-state index contributed by atoms with van der Waals surface area (Å²) in [6.45, 7) is 6.68. The van der Waals surface area contributed by atoms with Crippen LogP contribution in [0.2, 0.25) is 0 Å². The lowest BCUT2D eigenvalue weighted by Gasteiger charge is -2.36. The van der Waals surface area contributed by atoms with Crippen LogP contribution in [0.5, 0.6) is 5.75 Å². The van der Waals surface area contributed by atoms with Crippen molar-refractivity contribution in [1.29, 1.82) is 5.26 Å². The van der Waals surface area contributed by atoms with Crippen LogP contribution in [0, 0.1) is 17.2 Å². The highest BCUT2D eigenvalue weighted by molar-refractivity contribution is 7.89. The van der Waals surface area contributed by atoms with Crippen LogP contribution in [0.3, 0.4) is 0 Å². The molecule has 1 amide bonds. The van der Waals surface area contributed by atoms with Gasteiger partial charge in [-0.3, -0.25) is 4.79 Å². The molecule has 0 atom stereocenters.